The fraction of sp³-hybridized carbons (Fsp3) is 0.333. The molecule has 0 fully saturated rings. The van der Waals surface area contributed by atoms with Gasteiger partial charge in [0.2, 0.25) is 0 Å². The van der Waals surface area contributed by atoms with Crippen molar-refractivity contribution in [1.29, 1.82) is 0 Å². The predicted octanol–water partition coefficient (Wildman–Crippen LogP) is 4.22. The monoisotopic (exact) mass is 295 g/mol. The zero-order chi connectivity index (χ0) is 11.1. The molecular weight excluding hydrogens is 283 g/mol. The maximum Gasteiger partial charge on any atom is 0.322 e. The van der Waals surface area contributed by atoms with Gasteiger partial charge in [0.25, 0.3) is 0 Å². The van der Waals surface area contributed by atoms with E-state index in [1.165, 1.54) is 4.90 Å². The van der Waals surface area contributed by atoms with Gasteiger partial charge in [-0.1, -0.05) is 0 Å². The first kappa shape index (κ1) is 13.7. The average molecular weight is 295 g/mol. The summed E-state index contributed by atoms with van der Waals surface area (Å²) in [4.78, 5) is 1.21. The van der Waals surface area contributed by atoms with Crippen molar-refractivity contribution in [2.75, 3.05) is 18.6 Å². The summed E-state index contributed by atoms with van der Waals surface area (Å²) in [6, 6.07) is 8.02. The largest absolute Gasteiger partial charge is 0.497 e. The molecule has 0 aromatic heterocycles. The number of thiol groups is 1. The van der Waals surface area contributed by atoms with E-state index in [4.69, 9.17) is 16.5 Å². The van der Waals surface area contributed by atoms with E-state index in [-0.39, 0.29) is 0 Å². The fourth-order valence-corrected chi connectivity index (χ4v) is 7.41. The number of methoxy groups -OCH3 is 1. The van der Waals surface area contributed by atoms with Gasteiger partial charge in [0.05, 0.1) is 12.0 Å². The van der Waals surface area contributed by atoms with E-state index in [0.717, 1.165) is 17.3 Å². The molecule has 0 heterocycles. The topological polar surface area (TPSA) is 9.23 Å². The van der Waals surface area contributed by atoms with E-state index >= 15 is 0 Å². The van der Waals surface area contributed by atoms with E-state index in [1.807, 2.05) is 35.6 Å². The highest BCUT2D eigenvalue weighted by Crippen LogP contribution is 2.54. The van der Waals surface area contributed by atoms with Crippen LogP contribution < -0.4 is 4.74 Å². The number of hydrogen-bond acceptors (Lipinski definition) is 5. The van der Waals surface area contributed by atoms with E-state index in [0.29, 0.717) is 0 Å². The van der Waals surface area contributed by atoms with Crippen LogP contribution >= 0.6 is 40.5 Å². The normalized spacial score (nSPS) is 11.2. The molecule has 0 spiro atoms. The van der Waals surface area contributed by atoms with Crippen LogP contribution in [0.15, 0.2) is 29.2 Å². The van der Waals surface area contributed by atoms with Crippen LogP contribution in [0.25, 0.3) is 0 Å². The molecule has 0 saturated carbocycles. The number of ether oxygens (including phenoxy) is 1. The third-order valence-corrected chi connectivity index (χ3v) is 8.78. The summed E-state index contributed by atoms with van der Waals surface area (Å²) in [6.45, 7) is 0. The van der Waals surface area contributed by atoms with Crippen LogP contribution in [0.2, 0.25) is 0 Å². The third-order valence-electron chi connectivity index (χ3n) is 1.53. The summed E-state index contributed by atoms with van der Waals surface area (Å²) >= 11 is 13.1. The van der Waals surface area contributed by atoms with Crippen molar-refractivity contribution in [2.24, 2.45) is 0 Å². The van der Waals surface area contributed by atoms with Gasteiger partial charge in [0, 0.05) is 11.5 Å². The van der Waals surface area contributed by atoms with Gasteiger partial charge >= 0.3 is 5.10 Å². The second-order valence-electron chi connectivity index (χ2n) is 2.55. The molecule has 0 aliphatic rings. The lowest BCUT2D eigenvalue weighted by atomic mass is 10.3. The van der Waals surface area contributed by atoms with E-state index in [9.17, 15) is 0 Å². The van der Waals surface area contributed by atoms with Crippen molar-refractivity contribution < 1.29 is 4.74 Å². The lowest BCUT2D eigenvalue weighted by molar-refractivity contribution is 0.414. The Labute approximate surface area is 110 Å². The molecule has 0 amide bonds. The fourth-order valence-electron chi connectivity index (χ4n) is 0.864. The van der Waals surface area contributed by atoms with Gasteiger partial charge in [-0.3, -0.25) is 0 Å². The summed E-state index contributed by atoms with van der Waals surface area (Å²) in [5, 5.41) is -0.450. The molecule has 15 heavy (non-hydrogen) atoms. The van der Waals surface area contributed by atoms with Crippen LogP contribution in [0.1, 0.15) is 0 Å². The maximum absolute atomic E-state index is 5.37. The molecule has 1 rings (SSSR count). The number of hydrogen-bond donors (Lipinski definition) is 1. The Hall–Kier alpha value is 0.590. The van der Waals surface area contributed by atoms with Crippen molar-refractivity contribution in [1.82, 2.24) is 0 Å². The first-order valence-electron chi connectivity index (χ1n) is 4.29. The van der Waals surface area contributed by atoms with E-state index in [1.54, 1.807) is 18.5 Å². The summed E-state index contributed by atoms with van der Waals surface area (Å²) in [7, 11) is 1.67. The molecule has 1 nitrogen and oxygen atoms in total. The molecule has 0 aliphatic heterocycles. The second-order valence-corrected chi connectivity index (χ2v) is 11.5. The Morgan fingerprint density at radius 3 is 2.60 bits per heavy atom. The standard InChI is InChI=1S/C9H11OPS4/c1-10-8-2-4-9(5-3-8)15-11(13)14-7-6-12/h2-5H,6-7H2,1H3/p+1. The van der Waals surface area contributed by atoms with Gasteiger partial charge in [0.15, 0.2) is 11.8 Å². The van der Waals surface area contributed by atoms with Gasteiger partial charge < -0.3 is 4.74 Å². The molecule has 1 atom stereocenters. The highest BCUT2D eigenvalue weighted by molar-refractivity contribution is 8.94. The van der Waals surface area contributed by atoms with Crippen molar-refractivity contribution >= 4 is 52.3 Å². The Bertz CT molecular complexity index is 314. The van der Waals surface area contributed by atoms with Crippen LogP contribution in [-0.2, 0) is 11.8 Å². The third kappa shape index (κ3) is 5.45. The van der Waals surface area contributed by atoms with E-state index in [2.05, 4.69) is 12.6 Å². The molecule has 6 heteroatoms. The molecule has 0 bridgehead atoms. The summed E-state index contributed by atoms with van der Waals surface area (Å²) < 4.78 is 5.09. The second kappa shape index (κ2) is 7.80. The molecule has 1 aromatic rings. The van der Waals surface area contributed by atoms with Gasteiger partial charge in [-0.25, -0.2) is 0 Å². The smallest absolute Gasteiger partial charge is 0.322 e. The van der Waals surface area contributed by atoms with Gasteiger partial charge in [0.1, 0.15) is 28.5 Å². The van der Waals surface area contributed by atoms with Gasteiger partial charge in [-0.15, -0.1) is 0 Å². The van der Waals surface area contributed by atoms with Crippen molar-refractivity contribution in [3.63, 3.8) is 0 Å². The molecule has 0 N–H and O–H groups in total. The van der Waals surface area contributed by atoms with Crippen LogP contribution in [-0.4, -0.2) is 18.6 Å². The molecule has 82 valence electrons. The number of rotatable bonds is 6. The molecule has 0 aliphatic carbocycles. The van der Waals surface area contributed by atoms with Crippen molar-refractivity contribution in [2.45, 2.75) is 4.90 Å². The van der Waals surface area contributed by atoms with Crippen molar-refractivity contribution in [3.8, 4) is 5.75 Å². The maximum atomic E-state index is 5.37. The first-order valence-corrected chi connectivity index (χ1v) is 10.3. The minimum absolute atomic E-state index is 0.450. The predicted molar refractivity (Wildman–Crippen MR) is 79.4 cm³/mol. The molecule has 0 radical (unpaired) electrons. The Balaban J connectivity index is 2.46. The SMILES string of the molecule is COc1ccc(S[P+](=S)SCCS)cc1. The average Bonchev–Trinajstić information content (AvgIpc) is 2.27. The number of benzene rings is 1. The van der Waals surface area contributed by atoms with Gasteiger partial charge in [-0.05, 0) is 24.3 Å². The summed E-state index contributed by atoms with van der Waals surface area (Å²) in [6.07, 6.45) is 0. The minimum atomic E-state index is -0.450. The quantitative estimate of drug-likeness (QED) is 0.621. The lowest BCUT2D eigenvalue weighted by Gasteiger charge is -1.98. The van der Waals surface area contributed by atoms with Crippen LogP contribution in [0, 0.1) is 0 Å². The molecule has 1 unspecified atom stereocenters. The molecule has 1 aromatic carbocycles. The zero-order valence-corrected chi connectivity index (χ0v) is 12.5. The first-order chi connectivity index (χ1) is 7.26. The van der Waals surface area contributed by atoms with Crippen molar-refractivity contribution in [3.05, 3.63) is 24.3 Å². The van der Waals surface area contributed by atoms with Gasteiger partial charge in [-0.2, -0.15) is 12.6 Å². The lowest BCUT2D eigenvalue weighted by Crippen LogP contribution is -1.80. The zero-order valence-electron chi connectivity index (χ0n) is 8.25. The molecule has 0 saturated heterocycles. The Kier molecular flexibility index (Phi) is 7.10. The van der Waals surface area contributed by atoms with Crippen LogP contribution in [0.3, 0.4) is 0 Å². The highest BCUT2D eigenvalue weighted by Gasteiger charge is 2.14. The summed E-state index contributed by atoms with van der Waals surface area (Å²) in [5.74, 6) is 2.81. The minimum Gasteiger partial charge on any atom is -0.497 e. The Morgan fingerprint density at radius 2 is 2.07 bits per heavy atom. The highest BCUT2D eigenvalue weighted by atomic mass is 33.2. The van der Waals surface area contributed by atoms with Crippen LogP contribution in [0.5, 0.6) is 5.75 Å². The molecular formula is C9H12OPS4+. The van der Waals surface area contributed by atoms with E-state index < -0.39 is 5.10 Å². The Morgan fingerprint density at radius 1 is 1.40 bits per heavy atom. The summed E-state index contributed by atoms with van der Waals surface area (Å²) in [5.41, 5.74) is 0. The van der Waals surface area contributed by atoms with Crippen LogP contribution in [0.4, 0.5) is 0 Å².